The smallest absolute Gasteiger partial charge is 0.419 e. The number of hydrogen-bond donors (Lipinski definition) is 2. The summed E-state index contributed by atoms with van der Waals surface area (Å²) in [6, 6.07) is 10.2. The third-order valence-electron chi connectivity index (χ3n) is 6.76. The molecule has 1 amide bonds. The number of aryl methyl sites for hydroxylation is 1. The third kappa shape index (κ3) is 6.95. The highest BCUT2D eigenvalue weighted by Crippen LogP contribution is 2.38. The van der Waals surface area contributed by atoms with Crippen LogP contribution in [0, 0.1) is 6.92 Å². The maximum atomic E-state index is 13.9. The summed E-state index contributed by atoms with van der Waals surface area (Å²) < 4.78 is 47.5. The van der Waals surface area contributed by atoms with Crippen LogP contribution < -0.4 is 15.4 Å². The second-order valence-electron chi connectivity index (χ2n) is 9.83. The summed E-state index contributed by atoms with van der Waals surface area (Å²) in [6.07, 6.45) is 2.57. The van der Waals surface area contributed by atoms with Crippen molar-refractivity contribution in [1.82, 2.24) is 24.8 Å². The Morgan fingerprint density at radius 3 is 2.54 bits per heavy atom. The van der Waals surface area contributed by atoms with E-state index >= 15 is 0 Å². The van der Waals surface area contributed by atoms with E-state index in [2.05, 4.69) is 35.5 Å². The second kappa shape index (κ2) is 11.9. The quantitative estimate of drug-likeness (QED) is 0.294. The number of halogens is 3. The Labute approximate surface area is 234 Å². The van der Waals surface area contributed by atoms with Crippen molar-refractivity contribution in [2.24, 2.45) is 0 Å². The number of rotatable bonds is 7. The van der Waals surface area contributed by atoms with Gasteiger partial charge in [0.25, 0.3) is 5.91 Å². The predicted molar refractivity (Wildman–Crippen MR) is 148 cm³/mol. The van der Waals surface area contributed by atoms with Gasteiger partial charge in [-0.2, -0.15) is 13.2 Å². The Hall–Kier alpha value is -4.58. The number of hydrogen-bond acceptors (Lipinski definition) is 8. The Morgan fingerprint density at radius 2 is 1.80 bits per heavy atom. The van der Waals surface area contributed by atoms with E-state index in [1.807, 2.05) is 14.0 Å². The minimum atomic E-state index is -4.68. The van der Waals surface area contributed by atoms with Gasteiger partial charge >= 0.3 is 6.18 Å². The average Bonchev–Trinajstić information content (AvgIpc) is 2.96. The first-order chi connectivity index (χ1) is 19.7. The zero-order valence-corrected chi connectivity index (χ0v) is 22.4. The van der Waals surface area contributed by atoms with E-state index in [-0.39, 0.29) is 17.4 Å². The number of amides is 1. The maximum absolute atomic E-state index is 13.9. The molecule has 1 aliphatic heterocycles. The molecule has 0 unspecified atom stereocenters. The summed E-state index contributed by atoms with van der Waals surface area (Å²) in [6.45, 7) is 3.36. The molecule has 0 aliphatic carbocycles. The first-order valence-corrected chi connectivity index (χ1v) is 13.0. The molecule has 2 aromatic heterocycles. The van der Waals surface area contributed by atoms with Gasteiger partial charge in [-0.05, 0) is 68.8 Å². The van der Waals surface area contributed by atoms with Crippen LogP contribution in [-0.4, -0.2) is 57.0 Å². The molecule has 1 fully saturated rings. The fourth-order valence-corrected chi connectivity index (χ4v) is 4.45. The van der Waals surface area contributed by atoms with Crippen molar-refractivity contribution < 1.29 is 22.7 Å². The van der Waals surface area contributed by atoms with E-state index in [0.717, 1.165) is 30.3 Å². The fourth-order valence-electron chi connectivity index (χ4n) is 4.45. The number of nitrogens with one attached hydrogen (secondary N) is 2. The molecule has 9 nitrogen and oxygen atoms in total. The number of carbonyl (C=O) groups is 1. The SMILES string of the molecule is Cc1ccc(NC(=O)c2ccc(OC3CCN(C)CC3)c(C(F)(F)F)c2)cc1Nc1nccc(-c2cncnc2)n1. The molecule has 3 heterocycles. The van der Waals surface area contributed by atoms with Crippen molar-refractivity contribution in [2.75, 3.05) is 30.8 Å². The fraction of sp³-hybridized carbons (Fsp3) is 0.276. The lowest BCUT2D eigenvalue weighted by Gasteiger charge is -2.30. The number of benzene rings is 2. The summed E-state index contributed by atoms with van der Waals surface area (Å²) in [5.74, 6) is -0.638. The molecule has 2 N–H and O–H groups in total. The number of piperidine rings is 1. The highest BCUT2D eigenvalue weighted by Gasteiger charge is 2.36. The van der Waals surface area contributed by atoms with Gasteiger partial charge in [-0.25, -0.2) is 19.9 Å². The molecule has 5 rings (SSSR count). The van der Waals surface area contributed by atoms with Crippen LogP contribution in [-0.2, 0) is 6.18 Å². The van der Waals surface area contributed by atoms with Gasteiger partial charge in [0, 0.05) is 54.2 Å². The minimum absolute atomic E-state index is 0.135. The summed E-state index contributed by atoms with van der Waals surface area (Å²) >= 11 is 0. The standard InChI is InChI=1S/C29H28F3N7O2/c1-18-3-5-21(14-25(18)38-28-35-10-7-24(37-28)20-15-33-17-34-16-20)36-27(40)19-4-6-26(23(13-19)29(30,31)32)41-22-8-11-39(2)12-9-22/h3-7,10,13-17,22H,8-9,11-12H2,1-2H3,(H,36,40)(H,35,37,38). The van der Waals surface area contributed by atoms with Gasteiger partial charge in [0.15, 0.2) is 0 Å². The van der Waals surface area contributed by atoms with E-state index in [9.17, 15) is 18.0 Å². The van der Waals surface area contributed by atoms with Crippen LogP contribution in [0.25, 0.3) is 11.3 Å². The first-order valence-electron chi connectivity index (χ1n) is 13.0. The van der Waals surface area contributed by atoms with Gasteiger partial charge in [0.05, 0.1) is 11.3 Å². The Balaban J connectivity index is 1.32. The zero-order valence-electron chi connectivity index (χ0n) is 22.4. The highest BCUT2D eigenvalue weighted by atomic mass is 19.4. The number of aromatic nitrogens is 4. The molecule has 212 valence electrons. The van der Waals surface area contributed by atoms with Gasteiger partial charge < -0.3 is 20.3 Å². The number of ether oxygens (including phenoxy) is 1. The minimum Gasteiger partial charge on any atom is -0.490 e. The summed E-state index contributed by atoms with van der Waals surface area (Å²) in [5, 5.41) is 5.81. The van der Waals surface area contributed by atoms with Crippen molar-refractivity contribution in [1.29, 1.82) is 0 Å². The normalized spacial score (nSPS) is 14.5. The number of carbonyl (C=O) groups excluding carboxylic acids is 1. The van der Waals surface area contributed by atoms with Gasteiger partial charge in [0.1, 0.15) is 18.2 Å². The van der Waals surface area contributed by atoms with Crippen molar-refractivity contribution in [3.8, 4) is 17.0 Å². The van der Waals surface area contributed by atoms with Crippen LogP contribution in [0.1, 0.15) is 34.3 Å². The van der Waals surface area contributed by atoms with E-state index in [1.54, 1.807) is 42.9 Å². The Kier molecular flexibility index (Phi) is 8.11. The molecule has 0 spiro atoms. The van der Waals surface area contributed by atoms with Crippen LogP contribution in [0.4, 0.5) is 30.5 Å². The molecule has 41 heavy (non-hydrogen) atoms. The van der Waals surface area contributed by atoms with Crippen molar-refractivity contribution in [3.05, 3.63) is 84.1 Å². The topological polar surface area (TPSA) is 105 Å². The molecule has 0 radical (unpaired) electrons. The lowest BCUT2D eigenvalue weighted by Crippen LogP contribution is -2.36. The predicted octanol–water partition coefficient (Wildman–Crippen LogP) is 5.73. The van der Waals surface area contributed by atoms with Gasteiger partial charge in [-0.1, -0.05) is 6.07 Å². The van der Waals surface area contributed by atoms with Crippen LogP contribution in [0.2, 0.25) is 0 Å². The molecule has 2 aromatic carbocycles. The van der Waals surface area contributed by atoms with E-state index in [1.165, 1.54) is 18.5 Å². The molecule has 1 saturated heterocycles. The third-order valence-corrected chi connectivity index (χ3v) is 6.76. The van der Waals surface area contributed by atoms with Crippen LogP contribution in [0.3, 0.4) is 0 Å². The van der Waals surface area contributed by atoms with Gasteiger partial charge in [0.2, 0.25) is 5.95 Å². The maximum Gasteiger partial charge on any atom is 0.419 e. The van der Waals surface area contributed by atoms with Crippen molar-refractivity contribution >= 4 is 23.2 Å². The monoisotopic (exact) mass is 563 g/mol. The largest absolute Gasteiger partial charge is 0.490 e. The van der Waals surface area contributed by atoms with Crippen molar-refractivity contribution in [3.63, 3.8) is 0 Å². The summed E-state index contributed by atoms with van der Waals surface area (Å²) in [4.78, 5) is 31.9. The van der Waals surface area contributed by atoms with E-state index < -0.39 is 17.6 Å². The van der Waals surface area contributed by atoms with E-state index in [0.29, 0.717) is 35.9 Å². The molecule has 0 atom stereocenters. The lowest BCUT2D eigenvalue weighted by atomic mass is 10.1. The first kappa shape index (κ1) is 28.0. The summed E-state index contributed by atoms with van der Waals surface area (Å²) in [5.41, 5.74) is 2.07. The number of alkyl halides is 3. The Morgan fingerprint density at radius 1 is 1.05 bits per heavy atom. The molecule has 12 heteroatoms. The second-order valence-corrected chi connectivity index (χ2v) is 9.83. The van der Waals surface area contributed by atoms with Gasteiger partial charge in [-0.15, -0.1) is 0 Å². The Bertz CT molecular complexity index is 1520. The lowest BCUT2D eigenvalue weighted by molar-refractivity contribution is -0.139. The molecular formula is C29H28F3N7O2. The van der Waals surface area contributed by atoms with Crippen LogP contribution in [0.15, 0.2) is 67.4 Å². The number of nitrogens with zero attached hydrogens (tertiary/aromatic N) is 5. The van der Waals surface area contributed by atoms with Gasteiger partial charge in [-0.3, -0.25) is 4.79 Å². The van der Waals surface area contributed by atoms with Crippen molar-refractivity contribution in [2.45, 2.75) is 32.0 Å². The number of likely N-dealkylation sites (tertiary alicyclic amines) is 1. The highest BCUT2D eigenvalue weighted by molar-refractivity contribution is 6.04. The average molecular weight is 564 g/mol. The molecule has 0 saturated carbocycles. The molecule has 1 aliphatic rings. The van der Waals surface area contributed by atoms with Crippen LogP contribution in [0.5, 0.6) is 5.75 Å². The van der Waals surface area contributed by atoms with E-state index in [4.69, 9.17) is 4.74 Å². The summed E-state index contributed by atoms with van der Waals surface area (Å²) in [7, 11) is 1.96. The molecular weight excluding hydrogens is 535 g/mol. The number of anilines is 3. The molecule has 4 aromatic rings. The zero-order chi connectivity index (χ0) is 29.0. The molecule has 0 bridgehead atoms. The van der Waals surface area contributed by atoms with Crippen LogP contribution >= 0.6 is 0 Å².